The molecule has 22 heavy (non-hydrogen) atoms. The molecular formula is C15H20N2O4S. The third-order valence-corrected chi connectivity index (χ3v) is 4.00. The van der Waals surface area contributed by atoms with Gasteiger partial charge >= 0.3 is 5.97 Å². The molecule has 0 atom stereocenters. The molecule has 1 rings (SSSR count). The Bertz CT molecular complexity index is 670. The minimum Gasteiger partial charge on any atom is -0.460 e. The van der Waals surface area contributed by atoms with E-state index in [0.29, 0.717) is 6.42 Å². The van der Waals surface area contributed by atoms with Gasteiger partial charge in [-0.25, -0.2) is 13.1 Å². The predicted molar refractivity (Wildman–Crippen MR) is 81.4 cm³/mol. The number of ether oxygens (including phenoxy) is 1. The van der Waals surface area contributed by atoms with Crippen molar-refractivity contribution in [2.45, 2.75) is 44.1 Å². The predicted octanol–water partition coefficient (Wildman–Crippen LogP) is 1.96. The van der Waals surface area contributed by atoms with Crippen LogP contribution in [0.2, 0.25) is 0 Å². The first-order valence-electron chi connectivity index (χ1n) is 6.86. The summed E-state index contributed by atoms with van der Waals surface area (Å²) in [7, 11) is -3.68. The van der Waals surface area contributed by atoms with Crippen LogP contribution >= 0.6 is 0 Å². The smallest absolute Gasteiger partial charge is 0.306 e. The highest BCUT2D eigenvalue weighted by atomic mass is 32.2. The van der Waals surface area contributed by atoms with Crippen LogP contribution in [0.5, 0.6) is 0 Å². The fraction of sp³-hybridized carbons (Fsp3) is 0.467. The third-order valence-electron chi connectivity index (χ3n) is 2.54. The zero-order valence-corrected chi connectivity index (χ0v) is 13.7. The van der Waals surface area contributed by atoms with E-state index in [2.05, 4.69) is 4.72 Å². The van der Waals surface area contributed by atoms with Gasteiger partial charge < -0.3 is 4.74 Å². The van der Waals surface area contributed by atoms with Gasteiger partial charge in [-0.2, -0.15) is 5.26 Å². The fourth-order valence-electron chi connectivity index (χ4n) is 1.65. The second kappa shape index (κ2) is 7.38. The summed E-state index contributed by atoms with van der Waals surface area (Å²) in [5, 5.41) is 8.78. The van der Waals surface area contributed by atoms with E-state index in [9.17, 15) is 13.2 Å². The fourth-order valence-corrected chi connectivity index (χ4v) is 2.77. The molecule has 1 aromatic carbocycles. The van der Waals surface area contributed by atoms with Crippen molar-refractivity contribution in [2.75, 3.05) is 6.54 Å². The van der Waals surface area contributed by atoms with Crippen molar-refractivity contribution in [2.24, 2.45) is 0 Å². The van der Waals surface area contributed by atoms with Crippen molar-refractivity contribution in [1.29, 1.82) is 5.26 Å². The minimum absolute atomic E-state index is 0.0313. The van der Waals surface area contributed by atoms with Crippen molar-refractivity contribution in [1.82, 2.24) is 4.72 Å². The summed E-state index contributed by atoms with van der Waals surface area (Å²) in [6, 6.07) is 7.64. The van der Waals surface area contributed by atoms with Crippen LogP contribution in [-0.4, -0.2) is 26.5 Å². The van der Waals surface area contributed by atoms with Gasteiger partial charge in [-0.3, -0.25) is 4.79 Å². The molecule has 0 unspecified atom stereocenters. The minimum atomic E-state index is -3.68. The molecule has 7 heteroatoms. The van der Waals surface area contributed by atoms with Crippen LogP contribution in [0.3, 0.4) is 0 Å². The lowest BCUT2D eigenvalue weighted by atomic mass is 10.2. The number of benzene rings is 1. The number of hydrogen-bond donors (Lipinski definition) is 1. The quantitative estimate of drug-likeness (QED) is 0.637. The number of nitriles is 1. The van der Waals surface area contributed by atoms with Crippen LogP contribution in [0.15, 0.2) is 29.2 Å². The van der Waals surface area contributed by atoms with Gasteiger partial charge in [0.1, 0.15) is 5.60 Å². The highest BCUT2D eigenvalue weighted by molar-refractivity contribution is 7.89. The number of sulfonamides is 1. The van der Waals surface area contributed by atoms with Gasteiger partial charge in [0.25, 0.3) is 0 Å². The summed E-state index contributed by atoms with van der Waals surface area (Å²) < 4.78 is 31.6. The number of carbonyl (C=O) groups excluding carboxylic acids is 1. The summed E-state index contributed by atoms with van der Waals surface area (Å²) in [5.74, 6) is -0.363. The molecule has 1 aromatic rings. The standard InChI is InChI=1S/C15H20N2O4S/c1-15(2,3)21-14(18)8-5-9-17-22(19,20)13-7-4-6-12(10-13)11-16/h4,6-7,10,17H,5,8-9H2,1-3H3. The lowest BCUT2D eigenvalue weighted by Gasteiger charge is -2.19. The van der Waals surface area contributed by atoms with Crippen molar-refractivity contribution < 1.29 is 17.9 Å². The van der Waals surface area contributed by atoms with Gasteiger partial charge in [0.05, 0.1) is 16.5 Å². The van der Waals surface area contributed by atoms with Crippen LogP contribution in [-0.2, 0) is 19.6 Å². The number of esters is 1. The van der Waals surface area contributed by atoms with Crippen LogP contribution in [0.1, 0.15) is 39.2 Å². The zero-order chi connectivity index (χ0) is 16.8. The van der Waals surface area contributed by atoms with Gasteiger partial charge in [-0.1, -0.05) is 6.07 Å². The largest absolute Gasteiger partial charge is 0.460 e. The number of rotatable bonds is 6. The van der Waals surface area contributed by atoms with Gasteiger partial charge in [-0.15, -0.1) is 0 Å². The molecule has 0 saturated carbocycles. The number of hydrogen-bond acceptors (Lipinski definition) is 5. The van der Waals surface area contributed by atoms with Gasteiger partial charge in [0, 0.05) is 13.0 Å². The molecule has 0 aliphatic rings. The second-order valence-corrected chi connectivity index (χ2v) is 7.49. The maximum absolute atomic E-state index is 12.0. The van der Waals surface area contributed by atoms with Gasteiger partial charge in [-0.05, 0) is 45.4 Å². The first kappa shape index (κ1) is 18.1. The van der Waals surface area contributed by atoms with Crippen LogP contribution in [0.4, 0.5) is 0 Å². The Balaban J connectivity index is 2.50. The summed E-state index contributed by atoms with van der Waals surface area (Å²) in [4.78, 5) is 11.5. The molecule has 0 aliphatic heterocycles. The normalized spacial score (nSPS) is 11.7. The Morgan fingerprint density at radius 1 is 1.36 bits per heavy atom. The van der Waals surface area contributed by atoms with E-state index in [-0.39, 0.29) is 29.4 Å². The van der Waals surface area contributed by atoms with E-state index >= 15 is 0 Å². The second-order valence-electron chi connectivity index (χ2n) is 5.73. The average molecular weight is 324 g/mol. The molecule has 0 radical (unpaired) electrons. The van der Waals surface area contributed by atoms with E-state index in [1.807, 2.05) is 6.07 Å². The summed E-state index contributed by atoms with van der Waals surface area (Å²) in [5.41, 5.74) is -0.273. The third kappa shape index (κ3) is 6.24. The SMILES string of the molecule is CC(C)(C)OC(=O)CCCNS(=O)(=O)c1cccc(C#N)c1. The molecule has 0 spiro atoms. The van der Waals surface area contributed by atoms with E-state index in [0.717, 1.165) is 0 Å². The Kier molecular flexibility index (Phi) is 6.09. The molecule has 0 amide bonds. The van der Waals surface area contributed by atoms with E-state index in [4.69, 9.17) is 10.00 Å². The topological polar surface area (TPSA) is 96.3 Å². The van der Waals surface area contributed by atoms with Crippen molar-refractivity contribution in [3.8, 4) is 6.07 Å². The van der Waals surface area contributed by atoms with Crippen molar-refractivity contribution in [3.05, 3.63) is 29.8 Å². The molecule has 1 N–H and O–H groups in total. The molecule has 0 aromatic heterocycles. The molecule has 0 saturated heterocycles. The van der Waals surface area contributed by atoms with Gasteiger partial charge in [0.15, 0.2) is 0 Å². The Hall–Kier alpha value is -1.91. The summed E-state index contributed by atoms with van der Waals surface area (Å²) in [6.45, 7) is 5.44. The molecule has 6 nitrogen and oxygen atoms in total. The molecular weight excluding hydrogens is 304 g/mol. The van der Waals surface area contributed by atoms with Crippen LogP contribution in [0.25, 0.3) is 0 Å². The Morgan fingerprint density at radius 3 is 2.64 bits per heavy atom. The maximum Gasteiger partial charge on any atom is 0.306 e. The van der Waals surface area contributed by atoms with Crippen LogP contribution in [0, 0.1) is 11.3 Å². The maximum atomic E-state index is 12.0. The Morgan fingerprint density at radius 2 is 2.05 bits per heavy atom. The average Bonchev–Trinajstić information content (AvgIpc) is 2.42. The van der Waals surface area contributed by atoms with E-state index in [1.54, 1.807) is 20.8 Å². The van der Waals surface area contributed by atoms with E-state index in [1.165, 1.54) is 24.3 Å². The zero-order valence-electron chi connectivity index (χ0n) is 12.9. The molecule has 0 heterocycles. The van der Waals surface area contributed by atoms with Gasteiger partial charge in [0.2, 0.25) is 10.0 Å². The molecule has 0 bridgehead atoms. The lowest BCUT2D eigenvalue weighted by molar-refractivity contribution is -0.154. The van der Waals surface area contributed by atoms with Crippen molar-refractivity contribution in [3.63, 3.8) is 0 Å². The highest BCUT2D eigenvalue weighted by Crippen LogP contribution is 2.11. The summed E-state index contributed by atoms with van der Waals surface area (Å²) >= 11 is 0. The number of nitrogens with one attached hydrogen (secondary N) is 1. The van der Waals surface area contributed by atoms with Crippen LogP contribution < -0.4 is 4.72 Å². The lowest BCUT2D eigenvalue weighted by Crippen LogP contribution is -2.27. The Labute approximate surface area is 131 Å². The molecule has 120 valence electrons. The monoisotopic (exact) mass is 324 g/mol. The van der Waals surface area contributed by atoms with E-state index < -0.39 is 15.6 Å². The first-order chi connectivity index (χ1) is 10.1. The first-order valence-corrected chi connectivity index (χ1v) is 8.34. The highest BCUT2D eigenvalue weighted by Gasteiger charge is 2.17. The molecule has 0 aliphatic carbocycles. The number of carbonyl (C=O) groups is 1. The van der Waals surface area contributed by atoms with Crippen molar-refractivity contribution >= 4 is 16.0 Å². The molecule has 0 fully saturated rings. The summed E-state index contributed by atoms with van der Waals surface area (Å²) in [6.07, 6.45) is 0.476. The number of nitrogens with zero attached hydrogens (tertiary/aromatic N) is 1.